The SMILES string of the molecule is CCOC(=O)c1sc(N2C(=O)C(=O)C(=C(O)c3ccc(F)cc3)C2c2cccc(Cl)c2)nc1C. The molecule has 3 aromatic rings. The third-order valence-corrected chi connectivity index (χ3v) is 6.55. The van der Waals surface area contributed by atoms with Gasteiger partial charge in [-0.25, -0.2) is 14.2 Å². The van der Waals surface area contributed by atoms with Crippen LogP contribution in [0.4, 0.5) is 9.52 Å². The Hall–Kier alpha value is -3.56. The van der Waals surface area contributed by atoms with Gasteiger partial charge in [0.05, 0.1) is 23.9 Å². The fourth-order valence-corrected chi connectivity index (χ4v) is 4.84. The summed E-state index contributed by atoms with van der Waals surface area (Å²) in [5.41, 5.74) is 0.739. The molecule has 0 aliphatic carbocycles. The number of Topliss-reactive ketones (excluding diaryl/α,β-unsaturated/α-hetero) is 1. The molecule has 34 heavy (non-hydrogen) atoms. The number of amides is 1. The zero-order valence-electron chi connectivity index (χ0n) is 18.0. The highest BCUT2D eigenvalue weighted by atomic mass is 35.5. The first kappa shape index (κ1) is 23.6. The summed E-state index contributed by atoms with van der Waals surface area (Å²) in [6, 6.07) is 10.3. The molecule has 174 valence electrons. The van der Waals surface area contributed by atoms with Crippen LogP contribution in [0.2, 0.25) is 5.02 Å². The minimum Gasteiger partial charge on any atom is -0.507 e. The zero-order valence-corrected chi connectivity index (χ0v) is 19.6. The van der Waals surface area contributed by atoms with Gasteiger partial charge < -0.3 is 9.84 Å². The van der Waals surface area contributed by atoms with Gasteiger partial charge in [-0.1, -0.05) is 35.1 Å². The highest BCUT2D eigenvalue weighted by Crippen LogP contribution is 2.44. The molecule has 0 bridgehead atoms. The summed E-state index contributed by atoms with van der Waals surface area (Å²) >= 11 is 7.08. The number of rotatable bonds is 5. The van der Waals surface area contributed by atoms with Crippen LogP contribution < -0.4 is 4.90 Å². The van der Waals surface area contributed by atoms with Crippen molar-refractivity contribution in [1.82, 2.24) is 4.98 Å². The summed E-state index contributed by atoms with van der Waals surface area (Å²) in [5.74, 6) is -3.46. The molecule has 10 heteroatoms. The summed E-state index contributed by atoms with van der Waals surface area (Å²) in [6.45, 7) is 3.42. The molecule has 1 fully saturated rings. The topological polar surface area (TPSA) is 96.8 Å². The van der Waals surface area contributed by atoms with Crippen LogP contribution in [0, 0.1) is 12.7 Å². The standard InChI is InChI=1S/C24H18ClFN2O5S/c1-3-33-23(32)21-12(2)27-24(34-21)28-18(14-5-4-6-15(25)11-14)17(20(30)22(28)31)19(29)13-7-9-16(26)10-8-13/h4-11,18,29H,3H2,1-2H3. The van der Waals surface area contributed by atoms with Crippen molar-refractivity contribution in [3.8, 4) is 0 Å². The predicted molar refractivity (Wildman–Crippen MR) is 125 cm³/mol. The average Bonchev–Trinajstić information content (AvgIpc) is 3.31. The number of anilines is 1. The van der Waals surface area contributed by atoms with Gasteiger partial charge in [-0.3, -0.25) is 14.5 Å². The van der Waals surface area contributed by atoms with Gasteiger partial charge >= 0.3 is 11.9 Å². The molecule has 1 unspecified atom stereocenters. The largest absolute Gasteiger partial charge is 0.507 e. The van der Waals surface area contributed by atoms with E-state index in [1.807, 2.05) is 0 Å². The molecule has 1 aromatic heterocycles. The summed E-state index contributed by atoms with van der Waals surface area (Å²) in [6.07, 6.45) is 0. The maximum atomic E-state index is 13.4. The Morgan fingerprint density at radius 1 is 1.24 bits per heavy atom. The Bertz CT molecular complexity index is 1340. The maximum Gasteiger partial charge on any atom is 0.350 e. The molecule has 4 rings (SSSR count). The van der Waals surface area contributed by atoms with E-state index in [1.165, 1.54) is 12.1 Å². The van der Waals surface area contributed by atoms with Gasteiger partial charge in [0.15, 0.2) is 5.13 Å². The van der Waals surface area contributed by atoms with Crippen LogP contribution in [0.3, 0.4) is 0 Å². The maximum absolute atomic E-state index is 13.4. The summed E-state index contributed by atoms with van der Waals surface area (Å²) in [4.78, 5) is 44.3. The van der Waals surface area contributed by atoms with Crippen molar-refractivity contribution in [1.29, 1.82) is 0 Å². The number of aryl methyl sites for hydroxylation is 1. The van der Waals surface area contributed by atoms with Crippen LogP contribution >= 0.6 is 22.9 Å². The molecule has 1 aliphatic rings. The van der Waals surface area contributed by atoms with Crippen LogP contribution in [-0.4, -0.2) is 34.4 Å². The Morgan fingerprint density at radius 2 is 1.94 bits per heavy atom. The van der Waals surface area contributed by atoms with E-state index in [9.17, 15) is 23.9 Å². The molecule has 7 nitrogen and oxygen atoms in total. The molecule has 0 radical (unpaired) electrons. The molecule has 1 atom stereocenters. The van der Waals surface area contributed by atoms with E-state index in [-0.39, 0.29) is 27.8 Å². The van der Waals surface area contributed by atoms with Gasteiger partial charge in [-0.15, -0.1) is 0 Å². The fourth-order valence-electron chi connectivity index (χ4n) is 3.66. The third-order valence-electron chi connectivity index (χ3n) is 5.18. The van der Waals surface area contributed by atoms with E-state index in [1.54, 1.807) is 38.1 Å². The van der Waals surface area contributed by atoms with Crippen LogP contribution in [0.25, 0.3) is 5.76 Å². The van der Waals surface area contributed by atoms with Gasteiger partial charge in [-0.2, -0.15) is 0 Å². The number of benzene rings is 2. The van der Waals surface area contributed by atoms with Crippen LogP contribution in [0.5, 0.6) is 0 Å². The molecule has 1 aliphatic heterocycles. The normalized spacial score (nSPS) is 17.3. The van der Waals surface area contributed by atoms with Crippen LogP contribution in [0.15, 0.2) is 54.1 Å². The Labute approximate surface area is 203 Å². The summed E-state index contributed by atoms with van der Waals surface area (Å²) < 4.78 is 18.5. The van der Waals surface area contributed by atoms with E-state index in [2.05, 4.69) is 4.98 Å². The first-order valence-corrected chi connectivity index (χ1v) is 11.4. The van der Waals surface area contributed by atoms with Gasteiger partial charge in [0.2, 0.25) is 0 Å². The molecule has 1 amide bonds. The molecule has 2 aromatic carbocycles. The van der Waals surface area contributed by atoms with Crippen LogP contribution in [0.1, 0.15) is 39.5 Å². The quantitative estimate of drug-likeness (QED) is 0.228. The number of carbonyl (C=O) groups excluding carboxylic acids is 3. The Kier molecular flexibility index (Phi) is 6.49. The van der Waals surface area contributed by atoms with Crippen molar-refractivity contribution < 1.29 is 28.6 Å². The van der Waals surface area contributed by atoms with E-state index in [0.29, 0.717) is 16.3 Å². The number of ketones is 1. The van der Waals surface area contributed by atoms with Crippen molar-refractivity contribution in [2.75, 3.05) is 11.5 Å². The van der Waals surface area contributed by atoms with E-state index in [4.69, 9.17) is 16.3 Å². The molecule has 1 saturated heterocycles. The number of nitrogens with zero attached hydrogens (tertiary/aromatic N) is 2. The van der Waals surface area contributed by atoms with Gasteiger partial charge in [-0.05, 0) is 55.8 Å². The van der Waals surface area contributed by atoms with Gasteiger partial charge in [0.25, 0.3) is 5.78 Å². The average molecular weight is 501 g/mol. The first-order chi connectivity index (χ1) is 16.2. The lowest BCUT2D eigenvalue weighted by Crippen LogP contribution is -2.29. The number of aromatic nitrogens is 1. The lowest BCUT2D eigenvalue weighted by Gasteiger charge is -2.23. The molecule has 0 saturated carbocycles. The Balaban J connectivity index is 1.91. The highest BCUT2D eigenvalue weighted by molar-refractivity contribution is 7.17. The highest BCUT2D eigenvalue weighted by Gasteiger charge is 2.48. The lowest BCUT2D eigenvalue weighted by atomic mass is 9.95. The van der Waals surface area contributed by atoms with Crippen molar-refractivity contribution in [3.05, 3.63) is 86.6 Å². The number of aliphatic hydroxyl groups excluding tert-OH is 1. The molecule has 1 N–H and O–H groups in total. The number of hydrogen-bond donors (Lipinski definition) is 1. The number of thiazole rings is 1. The predicted octanol–water partition coefficient (Wildman–Crippen LogP) is 5.05. The second kappa shape index (κ2) is 9.36. The summed E-state index contributed by atoms with van der Waals surface area (Å²) in [7, 11) is 0. The van der Waals surface area contributed by atoms with Crippen molar-refractivity contribution in [3.63, 3.8) is 0 Å². The monoisotopic (exact) mass is 500 g/mol. The minimum atomic E-state index is -1.08. The second-order valence-electron chi connectivity index (χ2n) is 7.36. The lowest BCUT2D eigenvalue weighted by molar-refractivity contribution is -0.132. The minimum absolute atomic E-state index is 0.0887. The molecule has 2 heterocycles. The number of carbonyl (C=O) groups is 3. The third kappa shape index (κ3) is 4.20. The smallest absolute Gasteiger partial charge is 0.350 e. The van der Waals surface area contributed by atoms with Crippen molar-refractivity contribution in [2.45, 2.75) is 19.9 Å². The zero-order chi connectivity index (χ0) is 24.6. The van der Waals surface area contributed by atoms with Gasteiger partial charge in [0, 0.05) is 10.6 Å². The second-order valence-corrected chi connectivity index (χ2v) is 8.78. The number of hydrogen-bond acceptors (Lipinski definition) is 7. The van der Waals surface area contributed by atoms with E-state index >= 15 is 0 Å². The number of halogens is 2. The van der Waals surface area contributed by atoms with Crippen molar-refractivity contribution >= 4 is 51.5 Å². The Morgan fingerprint density at radius 3 is 2.59 bits per heavy atom. The van der Waals surface area contributed by atoms with E-state index in [0.717, 1.165) is 28.4 Å². The van der Waals surface area contributed by atoms with Gasteiger partial charge in [0.1, 0.15) is 16.5 Å². The fraction of sp³-hybridized carbons (Fsp3) is 0.167. The number of ether oxygens (including phenoxy) is 1. The number of esters is 1. The molecule has 0 spiro atoms. The van der Waals surface area contributed by atoms with Crippen LogP contribution in [-0.2, 0) is 14.3 Å². The van der Waals surface area contributed by atoms with Crippen molar-refractivity contribution in [2.24, 2.45) is 0 Å². The summed E-state index contributed by atoms with van der Waals surface area (Å²) in [5, 5.41) is 11.5. The first-order valence-electron chi connectivity index (χ1n) is 10.2. The van der Waals surface area contributed by atoms with E-state index < -0.39 is 35.3 Å². The number of aliphatic hydroxyl groups is 1. The molecular weight excluding hydrogens is 483 g/mol. The molecular formula is C24H18ClFN2O5S.